The minimum atomic E-state index is -0.444. The van der Waals surface area contributed by atoms with E-state index in [0.717, 1.165) is 5.56 Å². The van der Waals surface area contributed by atoms with E-state index in [4.69, 9.17) is 11.6 Å². The molecule has 0 radical (unpaired) electrons. The van der Waals surface area contributed by atoms with E-state index in [1.54, 1.807) is 30.3 Å². The second-order valence-electron chi connectivity index (χ2n) is 5.88. The molecule has 0 aliphatic heterocycles. The largest absolute Gasteiger partial charge is 0.465 e. The van der Waals surface area contributed by atoms with E-state index in [2.05, 4.69) is 25.3 Å². The number of aryl methyl sites for hydroxylation is 1. The fraction of sp³-hybridized carbons (Fsp3) is 0.100. The lowest BCUT2D eigenvalue weighted by atomic mass is 10.2. The number of hydrogen-bond acceptors (Lipinski definition) is 6. The van der Waals surface area contributed by atoms with Crippen molar-refractivity contribution in [2.24, 2.45) is 0 Å². The van der Waals surface area contributed by atoms with Crippen LogP contribution in [0.2, 0.25) is 5.02 Å². The van der Waals surface area contributed by atoms with Crippen LogP contribution in [0.25, 0.3) is 0 Å². The second-order valence-corrected chi connectivity index (χ2v) is 6.28. The molecule has 2 aromatic carbocycles. The molecule has 28 heavy (non-hydrogen) atoms. The molecular formula is C20H17ClN4O3. The maximum absolute atomic E-state index is 12.5. The van der Waals surface area contributed by atoms with Crippen LogP contribution in [0.1, 0.15) is 26.4 Å². The molecule has 0 unspecified atom stereocenters. The van der Waals surface area contributed by atoms with Crippen molar-refractivity contribution in [3.63, 3.8) is 0 Å². The van der Waals surface area contributed by atoms with E-state index in [1.165, 1.54) is 19.4 Å². The van der Waals surface area contributed by atoms with Gasteiger partial charge in [-0.15, -0.1) is 0 Å². The van der Waals surface area contributed by atoms with Crippen LogP contribution in [0, 0.1) is 6.92 Å². The van der Waals surface area contributed by atoms with Crippen molar-refractivity contribution in [1.82, 2.24) is 9.97 Å². The van der Waals surface area contributed by atoms with Gasteiger partial charge in [0, 0.05) is 22.6 Å². The van der Waals surface area contributed by atoms with Crippen LogP contribution < -0.4 is 10.6 Å². The molecule has 1 heterocycles. The SMILES string of the molecule is COC(=O)c1ccc(NC(=O)c2ccnc(Nc3ccc(C)c(Cl)c3)n2)cc1. The second kappa shape index (κ2) is 8.49. The van der Waals surface area contributed by atoms with Gasteiger partial charge in [0.25, 0.3) is 5.91 Å². The third kappa shape index (κ3) is 4.63. The average Bonchev–Trinajstić information content (AvgIpc) is 2.71. The molecule has 0 fully saturated rings. The molecule has 0 saturated carbocycles. The Morgan fingerprint density at radius 2 is 1.75 bits per heavy atom. The molecule has 3 rings (SSSR count). The quantitative estimate of drug-likeness (QED) is 0.627. The Morgan fingerprint density at radius 3 is 2.43 bits per heavy atom. The number of esters is 1. The van der Waals surface area contributed by atoms with Crippen molar-refractivity contribution in [3.05, 3.63) is 76.6 Å². The normalized spacial score (nSPS) is 10.2. The highest BCUT2D eigenvalue weighted by atomic mass is 35.5. The van der Waals surface area contributed by atoms with Crippen LogP contribution in [0.5, 0.6) is 0 Å². The molecule has 0 saturated heterocycles. The fourth-order valence-electron chi connectivity index (χ4n) is 2.35. The van der Waals surface area contributed by atoms with Gasteiger partial charge in [0.1, 0.15) is 5.69 Å². The number of nitrogens with zero attached hydrogens (tertiary/aromatic N) is 2. The van der Waals surface area contributed by atoms with E-state index >= 15 is 0 Å². The van der Waals surface area contributed by atoms with Gasteiger partial charge < -0.3 is 15.4 Å². The molecule has 0 aliphatic rings. The van der Waals surface area contributed by atoms with Gasteiger partial charge in [-0.2, -0.15) is 0 Å². The van der Waals surface area contributed by atoms with Gasteiger partial charge >= 0.3 is 5.97 Å². The zero-order chi connectivity index (χ0) is 20.1. The first-order chi connectivity index (χ1) is 13.5. The topological polar surface area (TPSA) is 93.2 Å². The predicted molar refractivity (Wildman–Crippen MR) is 107 cm³/mol. The summed E-state index contributed by atoms with van der Waals surface area (Å²) >= 11 is 6.12. The minimum absolute atomic E-state index is 0.188. The Kier molecular flexibility index (Phi) is 5.86. The third-order valence-electron chi connectivity index (χ3n) is 3.88. The molecule has 2 N–H and O–H groups in total. The number of rotatable bonds is 5. The summed E-state index contributed by atoms with van der Waals surface area (Å²) in [7, 11) is 1.31. The number of hydrogen-bond donors (Lipinski definition) is 2. The smallest absolute Gasteiger partial charge is 0.337 e. The molecule has 7 nitrogen and oxygen atoms in total. The van der Waals surface area contributed by atoms with Crippen molar-refractivity contribution in [2.45, 2.75) is 6.92 Å². The highest BCUT2D eigenvalue weighted by molar-refractivity contribution is 6.31. The molecule has 1 aromatic heterocycles. The Balaban J connectivity index is 1.71. The zero-order valence-corrected chi connectivity index (χ0v) is 15.9. The van der Waals surface area contributed by atoms with Gasteiger partial charge in [-0.3, -0.25) is 4.79 Å². The number of ether oxygens (including phenoxy) is 1. The van der Waals surface area contributed by atoms with Crippen LogP contribution in [0.15, 0.2) is 54.7 Å². The Morgan fingerprint density at radius 1 is 1.04 bits per heavy atom. The summed E-state index contributed by atoms with van der Waals surface area (Å²) in [6.07, 6.45) is 1.49. The number of benzene rings is 2. The summed E-state index contributed by atoms with van der Waals surface area (Å²) in [4.78, 5) is 32.2. The van der Waals surface area contributed by atoms with Crippen molar-refractivity contribution >= 4 is 40.8 Å². The number of halogens is 1. The van der Waals surface area contributed by atoms with Crippen LogP contribution >= 0.6 is 11.6 Å². The molecule has 0 spiro atoms. The Labute approximate surface area is 166 Å². The molecular weight excluding hydrogens is 380 g/mol. The third-order valence-corrected chi connectivity index (χ3v) is 4.29. The molecule has 8 heteroatoms. The van der Waals surface area contributed by atoms with E-state index < -0.39 is 11.9 Å². The standard InChI is InChI=1S/C20H17ClN4O3/c1-12-3-6-15(11-16(12)21)24-20-22-10-9-17(25-20)18(26)23-14-7-4-13(5-8-14)19(27)28-2/h3-11H,1-2H3,(H,23,26)(H,22,24,25). The summed E-state index contributed by atoms with van der Waals surface area (Å²) in [5, 5.41) is 6.36. The number of carbonyl (C=O) groups excluding carboxylic acids is 2. The summed E-state index contributed by atoms with van der Waals surface area (Å²) in [5.74, 6) is -0.576. The monoisotopic (exact) mass is 396 g/mol. The maximum atomic E-state index is 12.5. The number of amides is 1. The summed E-state index contributed by atoms with van der Waals surface area (Å²) < 4.78 is 4.64. The first-order valence-corrected chi connectivity index (χ1v) is 8.70. The molecule has 0 aliphatic carbocycles. The minimum Gasteiger partial charge on any atom is -0.465 e. The van der Waals surface area contributed by atoms with Crippen LogP contribution in [-0.2, 0) is 4.74 Å². The van der Waals surface area contributed by atoms with Crippen molar-refractivity contribution < 1.29 is 14.3 Å². The molecule has 0 bridgehead atoms. The maximum Gasteiger partial charge on any atom is 0.337 e. The Bertz CT molecular complexity index is 1020. The number of anilines is 3. The van der Waals surface area contributed by atoms with E-state index in [0.29, 0.717) is 22.0 Å². The fourth-order valence-corrected chi connectivity index (χ4v) is 2.53. The first kappa shape index (κ1) is 19.3. The van der Waals surface area contributed by atoms with E-state index in [9.17, 15) is 9.59 Å². The van der Waals surface area contributed by atoms with Gasteiger partial charge in [-0.1, -0.05) is 17.7 Å². The summed E-state index contributed by atoms with van der Waals surface area (Å²) in [6.45, 7) is 1.91. The predicted octanol–water partition coefficient (Wildman–Crippen LogP) is 4.22. The molecule has 142 valence electrons. The number of carbonyl (C=O) groups is 2. The van der Waals surface area contributed by atoms with Gasteiger partial charge in [0.15, 0.2) is 0 Å². The van der Waals surface area contributed by atoms with Crippen LogP contribution in [0.4, 0.5) is 17.3 Å². The Hall–Kier alpha value is -3.45. The van der Waals surface area contributed by atoms with Gasteiger partial charge in [-0.25, -0.2) is 14.8 Å². The lowest BCUT2D eigenvalue weighted by Crippen LogP contribution is -2.15. The van der Waals surface area contributed by atoms with E-state index in [-0.39, 0.29) is 11.6 Å². The highest BCUT2D eigenvalue weighted by Gasteiger charge is 2.11. The van der Waals surface area contributed by atoms with Crippen molar-refractivity contribution in [3.8, 4) is 0 Å². The van der Waals surface area contributed by atoms with Crippen molar-refractivity contribution in [2.75, 3.05) is 17.7 Å². The zero-order valence-electron chi connectivity index (χ0n) is 15.2. The number of nitrogens with one attached hydrogen (secondary N) is 2. The number of aromatic nitrogens is 2. The first-order valence-electron chi connectivity index (χ1n) is 8.32. The van der Waals surface area contributed by atoms with Crippen LogP contribution in [0.3, 0.4) is 0 Å². The van der Waals surface area contributed by atoms with Crippen LogP contribution in [-0.4, -0.2) is 29.0 Å². The van der Waals surface area contributed by atoms with Crippen molar-refractivity contribution in [1.29, 1.82) is 0 Å². The number of methoxy groups -OCH3 is 1. The van der Waals surface area contributed by atoms with Gasteiger partial charge in [0.05, 0.1) is 12.7 Å². The molecule has 1 amide bonds. The van der Waals surface area contributed by atoms with Gasteiger partial charge in [0.2, 0.25) is 5.95 Å². The molecule has 3 aromatic rings. The summed E-state index contributed by atoms with van der Waals surface area (Å²) in [5.41, 5.74) is 2.78. The lowest BCUT2D eigenvalue weighted by Gasteiger charge is -2.09. The molecule has 0 atom stereocenters. The van der Waals surface area contributed by atoms with Gasteiger partial charge in [-0.05, 0) is 55.0 Å². The lowest BCUT2D eigenvalue weighted by molar-refractivity contribution is 0.0600. The van der Waals surface area contributed by atoms with E-state index in [1.807, 2.05) is 19.1 Å². The summed E-state index contributed by atoms with van der Waals surface area (Å²) in [6, 6.07) is 13.3. The average molecular weight is 397 g/mol. The highest BCUT2D eigenvalue weighted by Crippen LogP contribution is 2.22.